The summed E-state index contributed by atoms with van der Waals surface area (Å²) < 4.78 is 0. The van der Waals surface area contributed by atoms with Crippen molar-refractivity contribution in [3.05, 3.63) is 168 Å². The summed E-state index contributed by atoms with van der Waals surface area (Å²) in [4.78, 5) is 31.6. The first-order valence-electron chi connectivity index (χ1n) is 22.6. The molecule has 4 aliphatic rings. The molecule has 11 rings (SSSR count). The van der Waals surface area contributed by atoms with Crippen LogP contribution in [0.5, 0.6) is 0 Å². The van der Waals surface area contributed by atoms with Crippen LogP contribution in [0.15, 0.2) is 146 Å². The van der Waals surface area contributed by atoms with E-state index < -0.39 is 0 Å². The molecule has 0 N–H and O–H groups in total. The van der Waals surface area contributed by atoms with Crippen molar-refractivity contribution < 1.29 is 0 Å². The minimum atomic E-state index is -0.276. The molecule has 0 amide bonds. The smallest absolute Gasteiger partial charge is 0.179 e. The molecule has 0 fully saturated rings. The molecule has 6 heterocycles. The Morgan fingerprint density at radius 1 is 0.565 bits per heavy atom. The van der Waals surface area contributed by atoms with Crippen LogP contribution in [0.3, 0.4) is 0 Å². The Kier molecular flexibility index (Phi) is 9.18. The van der Waals surface area contributed by atoms with Gasteiger partial charge in [0.05, 0.1) is 11.9 Å². The van der Waals surface area contributed by atoms with Crippen LogP contribution in [0.2, 0.25) is 0 Å². The highest BCUT2D eigenvalue weighted by molar-refractivity contribution is 5.90. The summed E-state index contributed by atoms with van der Waals surface area (Å²) in [6.07, 6.45) is 8.31. The van der Waals surface area contributed by atoms with Crippen LogP contribution in [0.4, 0.5) is 46.0 Å². The van der Waals surface area contributed by atoms with Crippen LogP contribution >= 0.6 is 0 Å². The van der Waals surface area contributed by atoms with Crippen molar-refractivity contribution in [2.45, 2.75) is 90.9 Å². The maximum absolute atomic E-state index is 5.82. The number of benzene rings is 5. The largest absolute Gasteiger partial charge is 0.301 e. The summed E-state index contributed by atoms with van der Waals surface area (Å²) in [5.41, 5.74) is 11.9. The Morgan fingerprint density at radius 3 is 1.77 bits per heavy atom. The van der Waals surface area contributed by atoms with Crippen molar-refractivity contribution in [2.24, 2.45) is 11.3 Å². The zero-order valence-electron chi connectivity index (χ0n) is 36.5. The molecule has 7 aromatic rings. The zero-order chi connectivity index (χ0) is 42.3. The summed E-state index contributed by atoms with van der Waals surface area (Å²) in [7, 11) is 0. The van der Waals surface area contributed by atoms with Crippen molar-refractivity contribution in [3.8, 4) is 11.3 Å². The van der Waals surface area contributed by atoms with Gasteiger partial charge in [-0.3, -0.25) is 0 Å². The van der Waals surface area contributed by atoms with Gasteiger partial charge in [0, 0.05) is 52.0 Å². The third-order valence-corrected chi connectivity index (χ3v) is 14.6. The third kappa shape index (κ3) is 5.51. The van der Waals surface area contributed by atoms with Crippen LogP contribution in [0.25, 0.3) is 11.3 Å². The summed E-state index contributed by atoms with van der Waals surface area (Å²) in [5.74, 6) is 4.55. The molecule has 310 valence electrons. The van der Waals surface area contributed by atoms with Crippen molar-refractivity contribution >= 4 is 46.0 Å². The van der Waals surface area contributed by atoms with Gasteiger partial charge < -0.3 is 19.6 Å². The van der Waals surface area contributed by atoms with E-state index >= 15 is 0 Å². The average Bonchev–Trinajstić information content (AvgIpc) is 3.92. The lowest BCUT2D eigenvalue weighted by molar-refractivity contribution is 0.0842. The fraction of sp³-hybridized carbons (Fsp3) is 0.296. The minimum absolute atomic E-state index is 0.0767. The third-order valence-electron chi connectivity index (χ3n) is 14.6. The Balaban J connectivity index is 1.17. The second-order valence-electron chi connectivity index (χ2n) is 18.1. The first-order chi connectivity index (χ1) is 30.4. The van der Waals surface area contributed by atoms with E-state index in [9.17, 15) is 0 Å². The first-order valence-corrected chi connectivity index (χ1v) is 22.6. The lowest BCUT2D eigenvalue weighted by Crippen LogP contribution is -2.57. The van der Waals surface area contributed by atoms with E-state index in [1.807, 2.05) is 12.4 Å². The molecule has 5 aromatic carbocycles. The Hall–Kier alpha value is -6.54. The maximum Gasteiger partial charge on any atom is 0.179 e. The molecule has 4 aliphatic heterocycles. The van der Waals surface area contributed by atoms with Crippen molar-refractivity contribution in [1.82, 2.24) is 19.9 Å². The summed E-state index contributed by atoms with van der Waals surface area (Å²) >= 11 is 0. The number of para-hydroxylation sites is 4. The molecule has 0 spiro atoms. The van der Waals surface area contributed by atoms with Gasteiger partial charge in [-0.2, -0.15) is 0 Å². The van der Waals surface area contributed by atoms with Crippen LogP contribution in [0, 0.1) is 11.3 Å². The summed E-state index contributed by atoms with van der Waals surface area (Å²) in [6, 6.07) is 46.7. The highest BCUT2D eigenvalue weighted by Crippen LogP contribution is 2.65. The molecule has 4 atom stereocenters. The highest BCUT2D eigenvalue weighted by Gasteiger charge is 2.62. The molecular formula is C54H54N8. The van der Waals surface area contributed by atoms with Crippen molar-refractivity contribution in [1.29, 1.82) is 0 Å². The van der Waals surface area contributed by atoms with Crippen LogP contribution < -0.4 is 19.6 Å². The van der Waals surface area contributed by atoms with E-state index in [1.54, 1.807) is 0 Å². The fourth-order valence-corrected chi connectivity index (χ4v) is 11.8. The predicted octanol–water partition coefficient (Wildman–Crippen LogP) is 13.2. The number of nitrogens with zero attached hydrogens (tertiary/aromatic N) is 8. The number of rotatable bonds is 8. The Labute approximate surface area is 366 Å². The number of hydrogen-bond acceptors (Lipinski definition) is 8. The zero-order valence-corrected chi connectivity index (χ0v) is 36.5. The second-order valence-corrected chi connectivity index (χ2v) is 18.1. The quantitative estimate of drug-likeness (QED) is 0.150. The van der Waals surface area contributed by atoms with E-state index in [1.165, 1.54) is 39.2 Å². The van der Waals surface area contributed by atoms with Gasteiger partial charge >= 0.3 is 0 Å². The molecule has 0 saturated carbocycles. The maximum atomic E-state index is 5.82. The standard InChI is InChI=1S/C54H54N8/c1-7-54(8-2)42(47-41-25-16-18-29-45(41)61-49-48(55-30-31-56-49)59(52(47)61)37-21-11-9-12-22-37)32-36-20-15-17-28-44(36)62-51-50(60(53(54)62)38-23-13-10-14-24-38)57-33-43(58-51)46-39(34(3)4)26-19-27-40(46)35(5)6/h9-31,33-35,42,47,52-53H,7-8,32H2,1-6H3. The number of anilines is 8. The normalized spacial score (nSPS) is 20.5. The molecule has 8 nitrogen and oxygen atoms in total. The lowest BCUT2D eigenvalue weighted by Gasteiger charge is -2.51. The average molecular weight is 815 g/mol. The molecule has 62 heavy (non-hydrogen) atoms. The molecule has 2 aromatic heterocycles. The summed E-state index contributed by atoms with van der Waals surface area (Å²) in [6.45, 7) is 14.0. The van der Waals surface area contributed by atoms with Gasteiger partial charge in [0.15, 0.2) is 23.3 Å². The molecule has 0 aliphatic carbocycles. The minimum Gasteiger partial charge on any atom is -0.301 e. The number of aromatic nitrogens is 4. The lowest BCUT2D eigenvalue weighted by atomic mass is 9.60. The molecular weight excluding hydrogens is 761 g/mol. The topological polar surface area (TPSA) is 64.5 Å². The number of hydrogen-bond donors (Lipinski definition) is 0. The van der Waals surface area contributed by atoms with E-state index in [4.69, 9.17) is 19.9 Å². The van der Waals surface area contributed by atoms with Gasteiger partial charge in [-0.15, -0.1) is 0 Å². The monoisotopic (exact) mass is 814 g/mol. The van der Waals surface area contributed by atoms with Crippen molar-refractivity contribution in [2.75, 3.05) is 19.6 Å². The molecule has 0 bridgehead atoms. The van der Waals surface area contributed by atoms with Gasteiger partial charge in [-0.05, 0) is 95.7 Å². The van der Waals surface area contributed by atoms with Gasteiger partial charge in [0.2, 0.25) is 0 Å². The second kappa shape index (κ2) is 14.8. The fourth-order valence-electron chi connectivity index (χ4n) is 11.8. The molecule has 0 radical (unpaired) electrons. The van der Waals surface area contributed by atoms with Crippen molar-refractivity contribution in [3.63, 3.8) is 0 Å². The van der Waals surface area contributed by atoms with Gasteiger partial charge in [0.1, 0.15) is 12.3 Å². The Bertz CT molecular complexity index is 2740. The van der Waals surface area contributed by atoms with E-state index in [0.29, 0.717) is 11.8 Å². The number of fused-ring (bicyclic) bond motifs is 10. The summed E-state index contributed by atoms with van der Waals surface area (Å²) in [5, 5.41) is 0. The van der Waals surface area contributed by atoms with Crippen LogP contribution in [0.1, 0.15) is 94.4 Å². The Morgan fingerprint density at radius 2 is 1.13 bits per heavy atom. The van der Waals surface area contributed by atoms with E-state index in [0.717, 1.165) is 59.6 Å². The predicted molar refractivity (Wildman–Crippen MR) is 253 cm³/mol. The molecule has 8 heteroatoms. The van der Waals surface area contributed by atoms with Gasteiger partial charge in [-0.1, -0.05) is 133 Å². The molecule has 4 unspecified atom stereocenters. The SMILES string of the molecule is CCC1(CC)C(C2c3ccccc3N3c4nccnc4N(c4ccccc4)C23)Cc2ccccc2N2c3nc(-c4c(C(C)C)cccc4C(C)C)cnc3N(c3ccccc3)C21. The van der Waals surface area contributed by atoms with Crippen LogP contribution in [-0.2, 0) is 6.42 Å². The first kappa shape index (κ1) is 38.4. The van der Waals surface area contributed by atoms with E-state index in [2.05, 4.69) is 195 Å². The van der Waals surface area contributed by atoms with Gasteiger partial charge in [-0.25, -0.2) is 19.9 Å². The highest BCUT2D eigenvalue weighted by atomic mass is 15.5. The van der Waals surface area contributed by atoms with Gasteiger partial charge in [0.25, 0.3) is 0 Å². The van der Waals surface area contributed by atoms with E-state index in [-0.39, 0.29) is 29.6 Å². The molecule has 0 saturated heterocycles. The van der Waals surface area contributed by atoms with Crippen LogP contribution in [-0.4, -0.2) is 32.3 Å².